The van der Waals surface area contributed by atoms with Crippen LogP contribution in [0.15, 0.2) is 35.4 Å². The number of aromatic nitrogens is 1. The predicted molar refractivity (Wildman–Crippen MR) is 131 cm³/mol. The van der Waals surface area contributed by atoms with E-state index in [4.69, 9.17) is 23.1 Å². The van der Waals surface area contributed by atoms with Crippen molar-refractivity contribution in [3.63, 3.8) is 0 Å². The summed E-state index contributed by atoms with van der Waals surface area (Å²) >= 11 is 1.11. The van der Waals surface area contributed by atoms with Crippen LogP contribution in [0.5, 0.6) is 0 Å². The van der Waals surface area contributed by atoms with Crippen LogP contribution in [0.2, 0.25) is 0 Å². The molecule has 0 spiro atoms. The molecule has 1 aromatic carbocycles. The Morgan fingerprint density at radius 1 is 1.34 bits per heavy atom. The molecule has 1 saturated heterocycles. The number of hydrogen-bond acceptors (Lipinski definition) is 8. The van der Waals surface area contributed by atoms with Gasteiger partial charge in [-0.25, -0.2) is 9.83 Å². The number of carbonyl (C=O) groups is 2. The van der Waals surface area contributed by atoms with Crippen molar-refractivity contribution < 1.29 is 14.7 Å². The summed E-state index contributed by atoms with van der Waals surface area (Å²) in [5, 5.41) is 21.5. The van der Waals surface area contributed by atoms with E-state index in [1.807, 2.05) is 23.1 Å². The van der Waals surface area contributed by atoms with Crippen molar-refractivity contribution in [2.45, 2.75) is 41.1 Å². The largest absolute Gasteiger partial charge is 0.394 e. The van der Waals surface area contributed by atoms with E-state index in [9.17, 15) is 14.9 Å². The average molecular weight is 492 g/mol. The van der Waals surface area contributed by atoms with Crippen molar-refractivity contribution in [1.29, 1.82) is 5.26 Å². The summed E-state index contributed by atoms with van der Waals surface area (Å²) in [6.07, 6.45) is 1.75. The van der Waals surface area contributed by atoms with Crippen LogP contribution in [-0.4, -0.2) is 53.7 Å². The van der Waals surface area contributed by atoms with Gasteiger partial charge in [0.15, 0.2) is 0 Å². The monoisotopic (exact) mass is 491 g/mol. The van der Waals surface area contributed by atoms with Crippen molar-refractivity contribution in [2.24, 2.45) is 11.5 Å². The van der Waals surface area contributed by atoms with Gasteiger partial charge in [0.25, 0.3) is 0 Å². The molecule has 4 rings (SSSR count). The van der Waals surface area contributed by atoms with Crippen molar-refractivity contribution in [3.05, 3.63) is 58.4 Å². The van der Waals surface area contributed by atoms with E-state index < -0.39 is 29.7 Å². The zero-order valence-electron chi connectivity index (χ0n) is 18.8. The number of nitrogens with one attached hydrogen (secondary N) is 1. The first-order valence-electron chi connectivity index (χ1n) is 11.2. The molecule has 6 N–H and O–H groups in total. The summed E-state index contributed by atoms with van der Waals surface area (Å²) in [6, 6.07) is 10.1. The second-order valence-corrected chi connectivity index (χ2v) is 9.68. The summed E-state index contributed by atoms with van der Waals surface area (Å²) in [7, 11) is 0. The maximum absolute atomic E-state index is 12.3. The van der Waals surface area contributed by atoms with Crippen molar-refractivity contribution >= 4 is 35.1 Å². The van der Waals surface area contributed by atoms with E-state index in [0.717, 1.165) is 24.6 Å². The molecule has 2 aliphatic rings. The Kier molecular flexibility index (Phi) is 7.22. The highest BCUT2D eigenvalue weighted by atomic mass is 32.2. The van der Waals surface area contributed by atoms with E-state index in [0.29, 0.717) is 46.3 Å². The molecule has 2 fully saturated rings. The van der Waals surface area contributed by atoms with Gasteiger partial charge < -0.3 is 26.8 Å². The van der Waals surface area contributed by atoms with Gasteiger partial charge in [0, 0.05) is 13.1 Å². The van der Waals surface area contributed by atoms with Gasteiger partial charge in [0.05, 0.1) is 24.8 Å². The molecular weight excluding hydrogens is 466 g/mol. The van der Waals surface area contributed by atoms with Crippen LogP contribution in [0.3, 0.4) is 0 Å². The Morgan fingerprint density at radius 3 is 2.57 bits per heavy atom. The molecular formula is C24H25N7O3S. The minimum atomic E-state index is -0.996. The minimum absolute atomic E-state index is 0.0953. The highest BCUT2D eigenvalue weighted by Crippen LogP contribution is 2.52. The number of hydrogen-bond donors (Lipinski definition) is 4. The molecule has 35 heavy (non-hydrogen) atoms. The van der Waals surface area contributed by atoms with Gasteiger partial charge >= 0.3 is 0 Å². The van der Waals surface area contributed by atoms with Gasteiger partial charge in [0.1, 0.15) is 28.2 Å². The molecule has 2 atom stereocenters. The number of pyridine rings is 1. The number of thioether (sulfide) groups is 1. The van der Waals surface area contributed by atoms with Crippen LogP contribution < -0.4 is 21.7 Å². The third kappa shape index (κ3) is 5.08. The lowest BCUT2D eigenvalue weighted by Gasteiger charge is -2.41. The summed E-state index contributed by atoms with van der Waals surface area (Å²) < 4.78 is 0. The number of nitrogens with zero attached hydrogens (tertiary/aromatic N) is 4. The molecule has 2 heterocycles. The second-order valence-electron chi connectivity index (χ2n) is 8.59. The van der Waals surface area contributed by atoms with Crippen LogP contribution in [0.25, 0.3) is 4.85 Å². The molecule has 1 unspecified atom stereocenters. The second kappa shape index (κ2) is 10.3. The topological polar surface area (TPSA) is 163 Å². The number of nitriles is 1. The van der Waals surface area contributed by atoms with E-state index in [-0.39, 0.29) is 12.0 Å². The Balaban J connectivity index is 1.68. The summed E-state index contributed by atoms with van der Waals surface area (Å²) in [5.41, 5.74) is 13.3. The third-order valence-corrected chi connectivity index (χ3v) is 7.28. The Bertz CT molecular complexity index is 1210. The van der Waals surface area contributed by atoms with Gasteiger partial charge in [-0.3, -0.25) is 9.59 Å². The molecule has 1 saturated carbocycles. The first-order valence-corrected chi connectivity index (χ1v) is 12.0. The molecule has 180 valence electrons. The van der Waals surface area contributed by atoms with E-state index in [2.05, 4.69) is 21.2 Å². The third-order valence-electron chi connectivity index (χ3n) is 6.02. The Labute approximate surface area is 207 Å². The van der Waals surface area contributed by atoms with Gasteiger partial charge in [0.2, 0.25) is 17.5 Å². The van der Waals surface area contributed by atoms with Crippen LogP contribution in [0, 0.1) is 17.9 Å². The number of benzene rings is 1. The first-order chi connectivity index (χ1) is 16.9. The Morgan fingerprint density at radius 2 is 2.03 bits per heavy atom. The first kappa shape index (κ1) is 24.5. The highest BCUT2D eigenvalue weighted by molar-refractivity contribution is 8.00. The number of aliphatic hydroxyl groups excluding tert-OH is 1. The number of nitrogens with two attached hydrogens (primary N) is 2. The van der Waals surface area contributed by atoms with E-state index in [1.165, 1.54) is 0 Å². The average Bonchev–Trinajstić information content (AvgIpc) is 3.68. The summed E-state index contributed by atoms with van der Waals surface area (Å²) in [6.45, 7) is 8.18. The molecule has 2 amide bonds. The minimum Gasteiger partial charge on any atom is -0.394 e. The number of primary amides is 1. The fourth-order valence-electron chi connectivity index (χ4n) is 4.02. The normalized spacial score (nSPS) is 17.0. The summed E-state index contributed by atoms with van der Waals surface area (Å²) in [4.78, 5) is 34.6. The Hall–Kier alpha value is -3.64. The molecule has 10 nitrogen and oxygen atoms in total. The molecule has 1 aliphatic heterocycles. The van der Waals surface area contributed by atoms with Gasteiger partial charge in [-0.05, 0) is 29.9 Å². The maximum Gasteiger partial charge on any atom is 0.239 e. The number of rotatable bonds is 9. The van der Waals surface area contributed by atoms with Crippen LogP contribution in [0.1, 0.15) is 40.7 Å². The SMILES string of the molecule is [C-]#[N+]c1c(N2CC(NC(=O)[C@H](N)CO)C2)nc(SC(C(N)=O)c2ccccc2)c(C#N)c1C1CC1. The van der Waals surface area contributed by atoms with Gasteiger partial charge in [-0.1, -0.05) is 42.1 Å². The molecule has 0 radical (unpaired) electrons. The maximum atomic E-state index is 12.3. The van der Waals surface area contributed by atoms with E-state index in [1.54, 1.807) is 12.1 Å². The lowest BCUT2D eigenvalue weighted by atomic mass is 10.0. The van der Waals surface area contributed by atoms with Gasteiger partial charge in [-0.2, -0.15) is 5.26 Å². The van der Waals surface area contributed by atoms with E-state index >= 15 is 0 Å². The molecule has 11 heteroatoms. The number of amides is 2. The van der Waals surface area contributed by atoms with Crippen LogP contribution in [-0.2, 0) is 9.59 Å². The quantitative estimate of drug-likeness (QED) is 0.301. The molecule has 0 bridgehead atoms. The van der Waals surface area contributed by atoms with Crippen LogP contribution >= 0.6 is 11.8 Å². The zero-order chi connectivity index (χ0) is 25.1. The van der Waals surface area contributed by atoms with Crippen molar-refractivity contribution in [3.8, 4) is 6.07 Å². The number of carbonyl (C=O) groups excluding carboxylic acids is 2. The lowest BCUT2D eigenvalue weighted by Crippen LogP contribution is -2.62. The zero-order valence-corrected chi connectivity index (χ0v) is 19.7. The molecule has 2 aromatic rings. The van der Waals surface area contributed by atoms with Gasteiger partial charge in [-0.15, -0.1) is 0 Å². The lowest BCUT2D eigenvalue weighted by molar-refractivity contribution is -0.124. The number of aliphatic hydroxyl groups is 1. The van der Waals surface area contributed by atoms with Crippen molar-refractivity contribution in [1.82, 2.24) is 10.3 Å². The highest BCUT2D eigenvalue weighted by Gasteiger charge is 2.38. The molecule has 1 aliphatic carbocycles. The number of anilines is 1. The fraction of sp³-hybridized carbons (Fsp3) is 0.375. The summed E-state index contributed by atoms with van der Waals surface area (Å²) in [5.74, 6) is -0.477. The standard InChI is InChI=1S/C24H25N7O3S/c1-28-19-18(13-7-8-13)16(9-25)24(35-20(21(27)33)14-5-3-2-4-6-14)30-22(19)31-10-15(11-31)29-23(34)17(26)12-32/h2-6,13,15,17,20,32H,7-8,10-12,26H2,(H2,27,33)(H,29,34)/t17-,20?/m1/s1. The van der Waals surface area contributed by atoms with Crippen molar-refractivity contribution in [2.75, 3.05) is 24.6 Å². The predicted octanol–water partition coefficient (Wildman–Crippen LogP) is 1.32. The fourth-order valence-corrected chi connectivity index (χ4v) is 5.06. The molecule has 1 aromatic heterocycles. The van der Waals surface area contributed by atoms with Crippen LogP contribution in [0.4, 0.5) is 11.5 Å². The smallest absolute Gasteiger partial charge is 0.239 e.